The van der Waals surface area contributed by atoms with Gasteiger partial charge in [-0.05, 0) is 84.6 Å². The first-order valence-electron chi connectivity index (χ1n) is 12.5. The van der Waals surface area contributed by atoms with Gasteiger partial charge in [0.25, 0.3) is 5.91 Å². The van der Waals surface area contributed by atoms with Crippen LogP contribution >= 0.6 is 11.3 Å². The van der Waals surface area contributed by atoms with Gasteiger partial charge >= 0.3 is 0 Å². The van der Waals surface area contributed by atoms with Crippen LogP contribution in [0.15, 0.2) is 41.8 Å². The quantitative estimate of drug-likeness (QED) is 0.552. The maximum absolute atomic E-state index is 12.9. The van der Waals surface area contributed by atoms with Gasteiger partial charge in [-0.1, -0.05) is 26.8 Å². The van der Waals surface area contributed by atoms with Crippen molar-refractivity contribution in [1.82, 2.24) is 10.6 Å². The topological polar surface area (TPSA) is 102 Å². The van der Waals surface area contributed by atoms with Crippen molar-refractivity contribution in [1.29, 1.82) is 5.26 Å². The van der Waals surface area contributed by atoms with E-state index < -0.39 is 6.10 Å². The molecule has 7 atom stereocenters. The summed E-state index contributed by atoms with van der Waals surface area (Å²) >= 11 is 1.62. The predicted octanol–water partition coefficient (Wildman–Crippen LogP) is 4.49. The molecule has 0 saturated heterocycles. The number of fused-ring (bicyclic) bond motifs is 1. The highest BCUT2D eigenvalue weighted by atomic mass is 32.1. The lowest BCUT2D eigenvalue weighted by molar-refractivity contribution is -0.142. The first kappa shape index (κ1) is 25.4. The summed E-state index contributed by atoms with van der Waals surface area (Å²) in [6.45, 7) is 6.83. The third-order valence-electron chi connectivity index (χ3n) is 8.55. The molecule has 2 aliphatic carbocycles. The van der Waals surface area contributed by atoms with Crippen LogP contribution in [0.25, 0.3) is 0 Å². The molecule has 2 amide bonds. The molecule has 3 N–H and O–H groups in total. The van der Waals surface area contributed by atoms with E-state index in [9.17, 15) is 14.7 Å². The summed E-state index contributed by atoms with van der Waals surface area (Å²) in [4.78, 5) is 26.9. The number of benzene rings is 1. The van der Waals surface area contributed by atoms with Crippen LogP contribution in [0.2, 0.25) is 0 Å². The first-order chi connectivity index (χ1) is 16.7. The average molecular weight is 494 g/mol. The van der Waals surface area contributed by atoms with E-state index in [1.165, 1.54) is 0 Å². The van der Waals surface area contributed by atoms with Crippen molar-refractivity contribution in [3.63, 3.8) is 0 Å². The van der Waals surface area contributed by atoms with E-state index >= 15 is 0 Å². The van der Waals surface area contributed by atoms with Crippen molar-refractivity contribution >= 4 is 23.2 Å². The van der Waals surface area contributed by atoms with Crippen molar-refractivity contribution < 1.29 is 14.7 Å². The summed E-state index contributed by atoms with van der Waals surface area (Å²) < 4.78 is 0. The van der Waals surface area contributed by atoms with Gasteiger partial charge in [-0.2, -0.15) is 5.26 Å². The molecule has 1 aromatic carbocycles. The average Bonchev–Trinajstić information content (AvgIpc) is 3.38. The zero-order chi connectivity index (χ0) is 25.2. The summed E-state index contributed by atoms with van der Waals surface area (Å²) in [5, 5.41) is 28.8. The second kappa shape index (κ2) is 10.5. The number of carbonyl (C=O) groups excluding carboxylic acids is 2. The number of nitrogens with zero attached hydrogens (tertiary/aromatic N) is 1. The summed E-state index contributed by atoms with van der Waals surface area (Å²) in [6, 6.07) is 12.6. The van der Waals surface area contributed by atoms with Crippen molar-refractivity contribution in [2.45, 2.75) is 65.1 Å². The Kier molecular flexibility index (Phi) is 7.63. The van der Waals surface area contributed by atoms with Crippen LogP contribution in [0.1, 0.15) is 67.3 Å². The SMILES string of the molecule is C[C@@H]1[C@@H]2[C@@H](O)[C@H]([C@H](C)C(=O)NCc3cccs3)CC[C@]2(C)CC[C@@H]1NC(=O)c1ccc(C#N)cc1. The number of rotatable bonds is 6. The molecule has 0 radical (unpaired) electrons. The van der Waals surface area contributed by atoms with E-state index in [2.05, 4.69) is 30.6 Å². The minimum absolute atomic E-state index is 0.00182. The van der Waals surface area contributed by atoms with Crippen molar-refractivity contribution in [3.05, 3.63) is 57.8 Å². The van der Waals surface area contributed by atoms with Crippen molar-refractivity contribution in [3.8, 4) is 6.07 Å². The van der Waals surface area contributed by atoms with Gasteiger partial charge in [0.2, 0.25) is 5.91 Å². The number of hydrogen-bond acceptors (Lipinski definition) is 5. The first-order valence-corrected chi connectivity index (χ1v) is 13.4. The van der Waals surface area contributed by atoms with Crippen LogP contribution in [0.5, 0.6) is 0 Å². The lowest BCUT2D eigenvalue weighted by Gasteiger charge is -2.56. The Morgan fingerprint density at radius 1 is 1.23 bits per heavy atom. The summed E-state index contributed by atoms with van der Waals surface area (Å²) in [7, 11) is 0. The third kappa shape index (κ3) is 5.29. The van der Waals surface area contributed by atoms with Gasteiger partial charge in [-0.3, -0.25) is 9.59 Å². The standard InChI is InChI=1S/C28H35N3O3S/c1-17(26(33)30-16-21-5-4-14-35-21)22-10-12-28(3)13-11-23(18(2)24(28)25(22)32)31-27(34)20-8-6-19(15-29)7-9-20/h4-9,14,17-18,22-25,32H,10-13,16H2,1-3H3,(H,30,33)(H,31,34)/t17-,18-,22-,23-,24+,25-,28+/m0/s1. The van der Waals surface area contributed by atoms with Gasteiger partial charge < -0.3 is 15.7 Å². The van der Waals surface area contributed by atoms with Gasteiger partial charge in [0.05, 0.1) is 24.3 Å². The second-order valence-corrected chi connectivity index (χ2v) is 11.7. The van der Waals surface area contributed by atoms with Crippen LogP contribution in [0.4, 0.5) is 0 Å². The molecule has 4 rings (SSSR count). The van der Waals surface area contributed by atoms with E-state index in [1.54, 1.807) is 35.6 Å². The fourth-order valence-electron chi connectivity index (χ4n) is 6.39. The highest BCUT2D eigenvalue weighted by Gasteiger charge is 2.53. The minimum atomic E-state index is -0.596. The van der Waals surface area contributed by atoms with Crippen LogP contribution < -0.4 is 10.6 Å². The Bertz CT molecular complexity index is 1080. The summed E-state index contributed by atoms with van der Waals surface area (Å²) in [5.41, 5.74) is 1.05. The van der Waals surface area contributed by atoms with Crippen molar-refractivity contribution in [2.75, 3.05) is 0 Å². The maximum atomic E-state index is 12.9. The highest BCUT2D eigenvalue weighted by molar-refractivity contribution is 7.09. The van der Waals surface area contributed by atoms with Crippen LogP contribution in [0.3, 0.4) is 0 Å². The third-order valence-corrected chi connectivity index (χ3v) is 9.43. The largest absolute Gasteiger partial charge is 0.392 e. The number of aliphatic hydroxyl groups is 1. The Morgan fingerprint density at radius 3 is 2.60 bits per heavy atom. The molecule has 1 aromatic heterocycles. The number of nitriles is 1. The predicted molar refractivity (Wildman–Crippen MR) is 136 cm³/mol. The number of thiophene rings is 1. The fourth-order valence-corrected chi connectivity index (χ4v) is 7.03. The maximum Gasteiger partial charge on any atom is 0.251 e. The van der Waals surface area contributed by atoms with Crippen LogP contribution in [-0.2, 0) is 11.3 Å². The number of nitrogens with one attached hydrogen (secondary N) is 2. The summed E-state index contributed by atoms with van der Waals surface area (Å²) in [5.74, 6) is -0.468. The molecule has 0 unspecified atom stereocenters. The second-order valence-electron chi connectivity index (χ2n) is 10.6. The minimum Gasteiger partial charge on any atom is -0.392 e. The molecule has 186 valence electrons. The lowest BCUT2D eigenvalue weighted by Crippen LogP contribution is -2.58. The van der Waals surface area contributed by atoms with Crippen molar-refractivity contribution in [2.24, 2.45) is 29.1 Å². The molecule has 6 nitrogen and oxygen atoms in total. The summed E-state index contributed by atoms with van der Waals surface area (Å²) in [6.07, 6.45) is 3.01. The Hall–Kier alpha value is -2.69. The molecule has 0 spiro atoms. The number of aliphatic hydroxyl groups excluding tert-OH is 1. The Balaban J connectivity index is 1.42. The molecular formula is C28H35N3O3S. The fraction of sp³-hybridized carbons (Fsp3) is 0.536. The van der Waals surface area contributed by atoms with Crippen LogP contribution in [-0.4, -0.2) is 29.1 Å². The van der Waals surface area contributed by atoms with E-state index in [1.807, 2.05) is 24.4 Å². The van der Waals surface area contributed by atoms with Gasteiger partial charge in [0.1, 0.15) is 0 Å². The number of carbonyl (C=O) groups is 2. The molecule has 2 fully saturated rings. The van der Waals surface area contributed by atoms with Crippen LogP contribution in [0, 0.1) is 40.4 Å². The monoisotopic (exact) mass is 493 g/mol. The van der Waals surface area contributed by atoms with E-state index in [0.717, 1.165) is 30.6 Å². The number of hydrogen-bond donors (Lipinski definition) is 3. The lowest BCUT2D eigenvalue weighted by atomic mass is 9.51. The van der Waals surface area contributed by atoms with Gasteiger partial charge in [-0.15, -0.1) is 11.3 Å². The smallest absolute Gasteiger partial charge is 0.251 e. The van der Waals surface area contributed by atoms with Gasteiger partial charge in [0, 0.05) is 22.4 Å². The molecule has 2 aromatic rings. The highest BCUT2D eigenvalue weighted by Crippen LogP contribution is 2.55. The Labute approximate surface area is 211 Å². The molecule has 2 aliphatic rings. The molecule has 1 heterocycles. The zero-order valence-electron chi connectivity index (χ0n) is 20.7. The van der Waals surface area contributed by atoms with Gasteiger partial charge in [-0.25, -0.2) is 0 Å². The Morgan fingerprint density at radius 2 is 1.94 bits per heavy atom. The molecule has 35 heavy (non-hydrogen) atoms. The van der Waals surface area contributed by atoms with E-state index in [-0.39, 0.29) is 46.9 Å². The molecule has 2 saturated carbocycles. The van der Waals surface area contributed by atoms with E-state index in [0.29, 0.717) is 17.7 Å². The van der Waals surface area contributed by atoms with E-state index in [4.69, 9.17) is 5.26 Å². The van der Waals surface area contributed by atoms with Gasteiger partial charge in [0.15, 0.2) is 0 Å². The normalized spacial score (nSPS) is 31.0. The molecule has 0 aliphatic heterocycles. The zero-order valence-corrected chi connectivity index (χ0v) is 21.5. The molecule has 7 heteroatoms. The molecule has 0 bridgehead atoms. The number of amides is 2. The molecular weight excluding hydrogens is 458 g/mol.